The molecule has 31 heavy (non-hydrogen) atoms. The second kappa shape index (κ2) is 8.13. The molecule has 3 N–H and O–H groups in total. The summed E-state index contributed by atoms with van der Waals surface area (Å²) in [6.07, 6.45) is 11.4. The summed E-state index contributed by atoms with van der Waals surface area (Å²) in [7, 11) is 0. The van der Waals surface area contributed by atoms with Crippen molar-refractivity contribution in [2.45, 2.75) is 92.0 Å². The van der Waals surface area contributed by atoms with E-state index in [9.17, 15) is 9.59 Å². The molecular weight excluding hydrogens is 386 g/mol. The summed E-state index contributed by atoms with van der Waals surface area (Å²) in [6, 6.07) is -0.525. The molecule has 0 bridgehead atoms. The number of carbonyl (C=O) groups excluding carboxylic acids is 2. The largest absolute Gasteiger partial charge is 0.320 e. The fourth-order valence-electron chi connectivity index (χ4n) is 7.83. The fourth-order valence-corrected chi connectivity index (χ4v) is 7.83. The molecule has 0 radical (unpaired) electrons. The number of hydrazone groups is 1. The Kier molecular flexibility index (Phi) is 5.95. The van der Waals surface area contributed by atoms with Gasteiger partial charge in [0, 0.05) is 5.92 Å². The maximum Gasteiger partial charge on any atom is 0.257 e. The maximum atomic E-state index is 12.3. The Labute approximate surface area is 187 Å². The van der Waals surface area contributed by atoms with Crippen molar-refractivity contribution >= 4 is 17.4 Å². The minimum atomic E-state index is -0.525. The van der Waals surface area contributed by atoms with E-state index < -0.39 is 6.04 Å². The van der Waals surface area contributed by atoms with E-state index in [-0.39, 0.29) is 28.6 Å². The number of nitrogens with zero attached hydrogens (tertiary/aromatic N) is 1. The molecule has 0 aliphatic heterocycles. The van der Waals surface area contributed by atoms with Gasteiger partial charge in [-0.05, 0) is 98.9 Å². The minimum absolute atomic E-state index is 0.0960. The van der Waals surface area contributed by atoms with Crippen LogP contribution in [0, 0.1) is 40.4 Å². The molecule has 3 saturated carbocycles. The number of nitrogens with two attached hydrogens (primary N) is 1. The normalized spacial score (nSPS) is 41.8. The highest BCUT2D eigenvalue weighted by atomic mass is 16.2. The summed E-state index contributed by atoms with van der Waals surface area (Å²) in [5.74, 6) is 2.72. The van der Waals surface area contributed by atoms with Crippen molar-refractivity contribution in [1.82, 2.24) is 5.43 Å². The van der Waals surface area contributed by atoms with Crippen molar-refractivity contribution in [2.24, 2.45) is 51.3 Å². The maximum absolute atomic E-state index is 12.3. The van der Waals surface area contributed by atoms with Crippen LogP contribution in [-0.2, 0) is 9.59 Å². The summed E-state index contributed by atoms with van der Waals surface area (Å²) in [5, 5.41) is 4.43. The van der Waals surface area contributed by atoms with Crippen LogP contribution in [0.3, 0.4) is 0 Å². The topological polar surface area (TPSA) is 84.5 Å². The number of rotatable bonds is 4. The van der Waals surface area contributed by atoms with Crippen LogP contribution >= 0.6 is 0 Å². The number of Topliss-reactive ketones (excluding diaryl/α,β-unsaturated/α-hetero) is 1. The highest BCUT2D eigenvalue weighted by Crippen LogP contribution is 2.66. The zero-order valence-corrected chi connectivity index (χ0v) is 20.0. The Balaban J connectivity index is 1.51. The third kappa shape index (κ3) is 3.71. The fraction of sp³-hybridized carbons (Fsp3) is 0.808. The van der Waals surface area contributed by atoms with Crippen molar-refractivity contribution in [3.8, 4) is 0 Å². The van der Waals surface area contributed by atoms with Gasteiger partial charge in [0.1, 0.15) is 5.78 Å². The van der Waals surface area contributed by atoms with Gasteiger partial charge in [0.2, 0.25) is 0 Å². The zero-order chi connectivity index (χ0) is 22.6. The number of nitrogens with one attached hydrogen (secondary N) is 1. The number of hydrogen-bond acceptors (Lipinski definition) is 4. The SMILES string of the molecule is CC(=O)[C@H]1CC[C@H]2[C@@H]3CCC4=C/C(=N/NC(=O)[C@@H](N)C(C)C)CC[C@]4(C)[C@H]3CC[C@]12C. The van der Waals surface area contributed by atoms with Crippen molar-refractivity contribution in [2.75, 3.05) is 0 Å². The van der Waals surface area contributed by atoms with Crippen molar-refractivity contribution < 1.29 is 9.59 Å². The van der Waals surface area contributed by atoms with Gasteiger partial charge in [-0.2, -0.15) is 5.10 Å². The van der Waals surface area contributed by atoms with Crippen LogP contribution in [0.5, 0.6) is 0 Å². The minimum Gasteiger partial charge on any atom is -0.320 e. The van der Waals surface area contributed by atoms with Crippen LogP contribution in [0.2, 0.25) is 0 Å². The second-order valence-corrected chi connectivity index (χ2v) is 11.6. The molecule has 4 aliphatic rings. The molecule has 1 amide bonds. The lowest BCUT2D eigenvalue weighted by Gasteiger charge is -2.58. The van der Waals surface area contributed by atoms with Crippen LogP contribution in [0.1, 0.15) is 86.0 Å². The third-order valence-electron chi connectivity index (χ3n) is 9.80. The molecule has 0 spiro atoms. The lowest BCUT2D eigenvalue weighted by molar-refractivity contribution is -0.127. The highest BCUT2D eigenvalue weighted by Gasteiger charge is 2.59. The van der Waals surface area contributed by atoms with Gasteiger partial charge in [-0.3, -0.25) is 9.59 Å². The molecule has 0 heterocycles. The Morgan fingerprint density at radius 2 is 1.84 bits per heavy atom. The van der Waals surface area contributed by atoms with E-state index in [1.165, 1.54) is 31.3 Å². The first-order valence-corrected chi connectivity index (χ1v) is 12.4. The number of ketones is 1. The molecular formula is C26H41N3O2. The molecule has 0 saturated heterocycles. The van der Waals surface area contributed by atoms with Crippen molar-refractivity contribution in [1.29, 1.82) is 0 Å². The monoisotopic (exact) mass is 427 g/mol. The Morgan fingerprint density at radius 3 is 2.52 bits per heavy atom. The summed E-state index contributed by atoms with van der Waals surface area (Å²) in [6.45, 7) is 10.6. The van der Waals surface area contributed by atoms with E-state index in [1.54, 1.807) is 0 Å². The molecule has 3 fully saturated rings. The first-order valence-electron chi connectivity index (χ1n) is 12.4. The summed E-state index contributed by atoms with van der Waals surface area (Å²) in [5.41, 5.74) is 11.6. The van der Waals surface area contributed by atoms with Crippen LogP contribution < -0.4 is 11.2 Å². The average Bonchev–Trinajstić information content (AvgIpc) is 3.08. The summed E-state index contributed by atoms with van der Waals surface area (Å²) in [4.78, 5) is 24.5. The molecule has 0 aromatic rings. The zero-order valence-electron chi connectivity index (χ0n) is 20.0. The lowest BCUT2D eigenvalue weighted by atomic mass is 9.46. The van der Waals surface area contributed by atoms with Gasteiger partial charge in [0.15, 0.2) is 0 Å². The molecule has 5 heteroatoms. The average molecular weight is 428 g/mol. The van der Waals surface area contributed by atoms with Gasteiger partial charge >= 0.3 is 0 Å². The van der Waals surface area contributed by atoms with Gasteiger partial charge < -0.3 is 5.73 Å². The molecule has 0 aromatic heterocycles. The van der Waals surface area contributed by atoms with Crippen LogP contribution in [-0.4, -0.2) is 23.4 Å². The molecule has 0 aromatic carbocycles. The van der Waals surface area contributed by atoms with Gasteiger partial charge in [-0.15, -0.1) is 0 Å². The summed E-state index contributed by atoms with van der Waals surface area (Å²) < 4.78 is 0. The predicted molar refractivity (Wildman–Crippen MR) is 124 cm³/mol. The Bertz CT molecular complexity index is 815. The first kappa shape index (κ1) is 22.7. The van der Waals surface area contributed by atoms with Crippen molar-refractivity contribution in [3.63, 3.8) is 0 Å². The molecule has 7 atom stereocenters. The van der Waals surface area contributed by atoms with E-state index in [4.69, 9.17) is 5.73 Å². The molecule has 4 rings (SSSR count). The van der Waals surface area contributed by atoms with E-state index in [1.807, 2.05) is 20.8 Å². The lowest BCUT2D eigenvalue weighted by Crippen LogP contribution is -2.51. The van der Waals surface area contributed by atoms with E-state index in [2.05, 4.69) is 30.5 Å². The number of fused-ring (bicyclic) bond motifs is 5. The number of allylic oxidation sites excluding steroid dienone is 2. The molecule has 4 aliphatic carbocycles. The first-order chi connectivity index (χ1) is 14.6. The molecule has 0 unspecified atom stereocenters. The highest BCUT2D eigenvalue weighted by molar-refractivity contribution is 5.97. The molecule has 5 nitrogen and oxygen atoms in total. The van der Waals surface area contributed by atoms with Crippen molar-refractivity contribution in [3.05, 3.63) is 11.6 Å². The van der Waals surface area contributed by atoms with Crippen LogP contribution in [0.15, 0.2) is 16.8 Å². The van der Waals surface area contributed by atoms with Crippen LogP contribution in [0.4, 0.5) is 0 Å². The van der Waals surface area contributed by atoms with E-state index in [0.29, 0.717) is 17.6 Å². The second-order valence-electron chi connectivity index (χ2n) is 11.6. The van der Waals surface area contributed by atoms with Crippen LogP contribution in [0.25, 0.3) is 0 Å². The smallest absolute Gasteiger partial charge is 0.257 e. The number of hydrogen-bond donors (Lipinski definition) is 2. The number of carbonyl (C=O) groups is 2. The quantitative estimate of drug-likeness (QED) is 0.643. The van der Waals surface area contributed by atoms with Gasteiger partial charge in [0.25, 0.3) is 5.91 Å². The number of amides is 1. The summed E-state index contributed by atoms with van der Waals surface area (Å²) >= 11 is 0. The van der Waals surface area contributed by atoms with E-state index >= 15 is 0 Å². The van der Waals surface area contributed by atoms with Gasteiger partial charge in [-0.1, -0.05) is 33.3 Å². The Morgan fingerprint density at radius 1 is 1.10 bits per heavy atom. The van der Waals surface area contributed by atoms with Gasteiger partial charge in [0.05, 0.1) is 11.8 Å². The standard InChI is InChI=1S/C26H41N3O2/c1-15(2)23(27)24(31)29-28-18-10-12-25(4)17(14-18)6-7-19-21-9-8-20(16(3)30)26(21,5)13-11-22(19)25/h14-15,19-23H,6-13,27H2,1-5H3,(H,29,31)/b28-18+/t19-,20+,21-,22-,23-,25-,26+/m0/s1. The Hall–Kier alpha value is -1.49. The molecule has 172 valence electrons. The van der Waals surface area contributed by atoms with E-state index in [0.717, 1.165) is 37.3 Å². The van der Waals surface area contributed by atoms with Gasteiger partial charge in [-0.25, -0.2) is 5.43 Å². The predicted octanol–water partition coefficient (Wildman–Crippen LogP) is 4.61. The third-order valence-corrected chi connectivity index (χ3v) is 9.80.